The lowest BCUT2D eigenvalue weighted by molar-refractivity contribution is 0.901. The Bertz CT molecular complexity index is 241. The molecule has 0 fully saturated rings. The Labute approximate surface area is 68.5 Å². The Morgan fingerprint density at radius 1 is 1.36 bits per heavy atom. The number of hydrogen-bond acceptors (Lipinski definition) is 1. The Balaban J connectivity index is 2.96. The lowest BCUT2D eigenvalue weighted by atomic mass is 10.0. The summed E-state index contributed by atoms with van der Waals surface area (Å²) in [6, 6.07) is 2.12. The fourth-order valence-electron chi connectivity index (χ4n) is 1.23. The van der Waals surface area contributed by atoms with Crippen LogP contribution in [0.25, 0.3) is 0 Å². The largest absolute Gasteiger partial charge is 0.261 e. The number of hydrogen-bond donors (Lipinski definition) is 0. The number of rotatable bonds is 2. The molecule has 1 heterocycles. The first kappa shape index (κ1) is 8.25. The van der Waals surface area contributed by atoms with Crippen molar-refractivity contribution in [2.75, 3.05) is 0 Å². The van der Waals surface area contributed by atoms with E-state index in [9.17, 15) is 0 Å². The maximum Gasteiger partial charge on any atom is 0.0404 e. The smallest absolute Gasteiger partial charge is 0.0404 e. The minimum atomic E-state index is 1.16. The van der Waals surface area contributed by atoms with Gasteiger partial charge in [-0.25, -0.2) is 0 Å². The molecule has 0 spiro atoms. The van der Waals surface area contributed by atoms with Gasteiger partial charge in [0.2, 0.25) is 0 Å². The van der Waals surface area contributed by atoms with Crippen LogP contribution in [-0.2, 0) is 6.42 Å². The highest BCUT2D eigenvalue weighted by atomic mass is 14.7. The molecule has 1 heteroatoms. The van der Waals surface area contributed by atoms with E-state index in [0.717, 1.165) is 5.69 Å². The molecule has 1 nitrogen and oxygen atoms in total. The van der Waals surface area contributed by atoms with Crippen LogP contribution in [0.3, 0.4) is 0 Å². The van der Waals surface area contributed by atoms with Crippen molar-refractivity contribution >= 4 is 0 Å². The molecular weight excluding hydrogens is 134 g/mol. The molecular formula is C10H15N. The zero-order valence-electron chi connectivity index (χ0n) is 7.52. The number of nitrogens with zero attached hydrogens (tertiary/aromatic N) is 1. The van der Waals surface area contributed by atoms with Crippen molar-refractivity contribution in [2.24, 2.45) is 0 Å². The summed E-state index contributed by atoms with van der Waals surface area (Å²) in [5.74, 6) is 0. The van der Waals surface area contributed by atoms with Crippen molar-refractivity contribution in [3.8, 4) is 0 Å². The SMILES string of the molecule is CCCc1ccnc(C)c1C. The summed E-state index contributed by atoms with van der Waals surface area (Å²) in [6.07, 6.45) is 4.28. The standard InChI is InChI=1S/C10H15N/c1-4-5-10-6-7-11-9(3)8(10)2/h6-7H,4-5H2,1-3H3. The average molecular weight is 149 g/mol. The molecule has 11 heavy (non-hydrogen) atoms. The third-order valence-corrected chi connectivity index (χ3v) is 2.09. The van der Waals surface area contributed by atoms with Gasteiger partial charge in [-0.15, -0.1) is 0 Å². The average Bonchev–Trinajstić information content (AvgIpc) is 1.99. The first-order valence-corrected chi connectivity index (χ1v) is 4.16. The third kappa shape index (κ3) is 1.79. The van der Waals surface area contributed by atoms with Crippen molar-refractivity contribution in [3.05, 3.63) is 29.1 Å². The van der Waals surface area contributed by atoms with Gasteiger partial charge in [-0.3, -0.25) is 4.98 Å². The number of aryl methyl sites for hydroxylation is 2. The van der Waals surface area contributed by atoms with Crippen LogP contribution in [0, 0.1) is 13.8 Å². The van der Waals surface area contributed by atoms with Gasteiger partial charge < -0.3 is 0 Å². The fraction of sp³-hybridized carbons (Fsp3) is 0.500. The highest BCUT2D eigenvalue weighted by Gasteiger charge is 1.98. The summed E-state index contributed by atoms with van der Waals surface area (Å²) < 4.78 is 0. The van der Waals surface area contributed by atoms with Gasteiger partial charge in [-0.1, -0.05) is 13.3 Å². The van der Waals surface area contributed by atoms with Crippen LogP contribution in [0.5, 0.6) is 0 Å². The summed E-state index contributed by atoms with van der Waals surface area (Å²) in [6.45, 7) is 6.41. The van der Waals surface area contributed by atoms with E-state index in [1.54, 1.807) is 0 Å². The molecule has 0 aliphatic rings. The fourth-order valence-corrected chi connectivity index (χ4v) is 1.23. The lowest BCUT2D eigenvalue weighted by Gasteiger charge is -2.05. The molecule has 0 aromatic carbocycles. The minimum absolute atomic E-state index is 1.16. The van der Waals surface area contributed by atoms with Crippen molar-refractivity contribution < 1.29 is 0 Å². The van der Waals surface area contributed by atoms with Gasteiger partial charge in [0.1, 0.15) is 0 Å². The monoisotopic (exact) mass is 149 g/mol. The summed E-state index contributed by atoms with van der Waals surface area (Å²) in [4.78, 5) is 4.22. The van der Waals surface area contributed by atoms with Crippen LogP contribution < -0.4 is 0 Å². The molecule has 0 radical (unpaired) electrons. The van der Waals surface area contributed by atoms with E-state index in [0.29, 0.717) is 0 Å². The van der Waals surface area contributed by atoms with Crippen molar-refractivity contribution in [1.29, 1.82) is 0 Å². The molecule has 0 atom stereocenters. The first-order valence-electron chi connectivity index (χ1n) is 4.16. The van der Waals surface area contributed by atoms with Gasteiger partial charge in [0.25, 0.3) is 0 Å². The van der Waals surface area contributed by atoms with E-state index in [1.165, 1.54) is 24.0 Å². The van der Waals surface area contributed by atoms with Gasteiger partial charge >= 0.3 is 0 Å². The van der Waals surface area contributed by atoms with E-state index >= 15 is 0 Å². The van der Waals surface area contributed by atoms with Gasteiger partial charge in [-0.05, 0) is 37.5 Å². The molecule has 0 aliphatic carbocycles. The second-order valence-electron chi connectivity index (χ2n) is 2.93. The van der Waals surface area contributed by atoms with Crippen molar-refractivity contribution in [1.82, 2.24) is 4.98 Å². The molecule has 1 aromatic heterocycles. The molecule has 0 bridgehead atoms. The van der Waals surface area contributed by atoms with Gasteiger partial charge in [0.15, 0.2) is 0 Å². The van der Waals surface area contributed by atoms with E-state index in [4.69, 9.17) is 0 Å². The van der Waals surface area contributed by atoms with Crippen LogP contribution in [0.15, 0.2) is 12.3 Å². The molecule has 0 saturated carbocycles. The van der Waals surface area contributed by atoms with Crippen LogP contribution in [0.1, 0.15) is 30.2 Å². The van der Waals surface area contributed by atoms with E-state index in [2.05, 4.69) is 31.8 Å². The van der Waals surface area contributed by atoms with Crippen molar-refractivity contribution in [3.63, 3.8) is 0 Å². The molecule has 0 N–H and O–H groups in total. The lowest BCUT2D eigenvalue weighted by Crippen LogP contribution is -1.93. The maximum absolute atomic E-state index is 4.22. The summed E-state index contributed by atoms with van der Waals surface area (Å²) in [5, 5.41) is 0. The van der Waals surface area contributed by atoms with Crippen molar-refractivity contribution in [2.45, 2.75) is 33.6 Å². The summed E-state index contributed by atoms with van der Waals surface area (Å²) in [5.41, 5.74) is 3.96. The Hall–Kier alpha value is -0.850. The summed E-state index contributed by atoms with van der Waals surface area (Å²) >= 11 is 0. The quantitative estimate of drug-likeness (QED) is 0.630. The topological polar surface area (TPSA) is 12.9 Å². The second kappa shape index (κ2) is 3.51. The minimum Gasteiger partial charge on any atom is -0.261 e. The van der Waals surface area contributed by atoms with E-state index in [-0.39, 0.29) is 0 Å². The Morgan fingerprint density at radius 2 is 2.09 bits per heavy atom. The predicted molar refractivity (Wildman–Crippen MR) is 47.7 cm³/mol. The van der Waals surface area contributed by atoms with E-state index in [1.807, 2.05) is 6.20 Å². The highest BCUT2D eigenvalue weighted by molar-refractivity contribution is 5.27. The Morgan fingerprint density at radius 3 is 2.73 bits per heavy atom. The molecule has 0 unspecified atom stereocenters. The first-order chi connectivity index (χ1) is 5.25. The van der Waals surface area contributed by atoms with Crippen LogP contribution in [0.4, 0.5) is 0 Å². The van der Waals surface area contributed by atoms with Crippen LogP contribution in [0.2, 0.25) is 0 Å². The normalized spacial score (nSPS) is 10.1. The predicted octanol–water partition coefficient (Wildman–Crippen LogP) is 2.65. The van der Waals surface area contributed by atoms with Crippen LogP contribution >= 0.6 is 0 Å². The maximum atomic E-state index is 4.22. The third-order valence-electron chi connectivity index (χ3n) is 2.09. The molecule has 1 rings (SSSR count). The highest BCUT2D eigenvalue weighted by Crippen LogP contribution is 2.11. The summed E-state index contributed by atoms with van der Waals surface area (Å²) in [7, 11) is 0. The molecule has 0 aliphatic heterocycles. The van der Waals surface area contributed by atoms with E-state index < -0.39 is 0 Å². The molecule has 60 valence electrons. The van der Waals surface area contributed by atoms with Gasteiger partial charge in [-0.2, -0.15) is 0 Å². The van der Waals surface area contributed by atoms with Gasteiger partial charge in [0, 0.05) is 11.9 Å². The zero-order valence-corrected chi connectivity index (χ0v) is 7.52. The van der Waals surface area contributed by atoms with Crippen LogP contribution in [-0.4, -0.2) is 4.98 Å². The zero-order chi connectivity index (χ0) is 8.27. The molecule has 1 aromatic rings. The second-order valence-corrected chi connectivity index (χ2v) is 2.93. The Kier molecular flexibility index (Phi) is 2.64. The number of aromatic nitrogens is 1. The molecule has 0 amide bonds. The molecule has 0 saturated heterocycles. The number of pyridine rings is 1. The van der Waals surface area contributed by atoms with Gasteiger partial charge in [0.05, 0.1) is 0 Å².